The summed E-state index contributed by atoms with van der Waals surface area (Å²) in [4.78, 5) is 0. The van der Waals surface area contributed by atoms with E-state index in [-0.39, 0.29) is 0 Å². The lowest BCUT2D eigenvalue weighted by molar-refractivity contribution is 0.0219. The summed E-state index contributed by atoms with van der Waals surface area (Å²) < 4.78 is 0. The highest BCUT2D eigenvalue weighted by Crippen LogP contribution is 2.60. The molecule has 0 nitrogen and oxygen atoms in total. The van der Waals surface area contributed by atoms with E-state index in [0.29, 0.717) is 10.8 Å². The van der Waals surface area contributed by atoms with Crippen molar-refractivity contribution >= 4 is 0 Å². The van der Waals surface area contributed by atoms with E-state index in [9.17, 15) is 0 Å². The average molecular weight is 305 g/mol. The van der Waals surface area contributed by atoms with Crippen molar-refractivity contribution in [2.75, 3.05) is 0 Å². The molecule has 0 spiro atoms. The van der Waals surface area contributed by atoms with Crippen molar-refractivity contribution in [3.05, 3.63) is 12.7 Å². The molecule has 0 heterocycles. The lowest BCUT2D eigenvalue weighted by atomic mass is 9.57. The molecular weight excluding hydrogens is 264 g/mol. The molecule has 0 aliphatic heterocycles. The van der Waals surface area contributed by atoms with Crippen molar-refractivity contribution < 1.29 is 0 Å². The molecule has 2 fully saturated rings. The van der Waals surface area contributed by atoms with Crippen molar-refractivity contribution in [3.63, 3.8) is 0 Å². The minimum Gasteiger partial charge on any atom is -0.103 e. The number of hydrogen-bond donors (Lipinski definition) is 0. The molecule has 3 atom stereocenters. The maximum Gasteiger partial charge on any atom is -0.0238 e. The van der Waals surface area contributed by atoms with E-state index >= 15 is 0 Å². The Morgan fingerprint density at radius 3 is 2.41 bits per heavy atom. The Kier molecular flexibility index (Phi) is 6.20. The van der Waals surface area contributed by atoms with E-state index in [1.165, 1.54) is 70.6 Å². The van der Waals surface area contributed by atoms with E-state index in [2.05, 4.69) is 40.3 Å². The third kappa shape index (κ3) is 4.39. The summed E-state index contributed by atoms with van der Waals surface area (Å²) in [6.45, 7) is 14.0. The average Bonchev–Trinajstić information content (AvgIpc) is 3.29. The smallest absolute Gasteiger partial charge is 0.0238 e. The Morgan fingerprint density at radius 1 is 1.14 bits per heavy atom. The van der Waals surface area contributed by atoms with Crippen LogP contribution in [-0.4, -0.2) is 0 Å². The Balaban J connectivity index is 2.18. The first-order chi connectivity index (χ1) is 10.4. The Morgan fingerprint density at radius 2 is 1.82 bits per heavy atom. The summed E-state index contributed by atoms with van der Waals surface area (Å²) in [7, 11) is 0. The third-order valence-corrected chi connectivity index (χ3v) is 6.92. The molecule has 3 unspecified atom stereocenters. The van der Waals surface area contributed by atoms with Crippen LogP contribution in [-0.2, 0) is 0 Å². The molecule has 128 valence electrons. The van der Waals surface area contributed by atoms with E-state index in [1.54, 1.807) is 0 Å². The van der Waals surface area contributed by atoms with Crippen molar-refractivity contribution in [2.24, 2.45) is 28.6 Å². The van der Waals surface area contributed by atoms with Gasteiger partial charge in [0, 0.05) is 0 Å². The highest BCUT2D eigenvalue weighted by Gasteiger charge is 2.50. The zero-order valence-electron chi connectivity index (χ0n) is 15.8. The normalized spacial score (nSPS) is 33.7. The second kappa shape index (κ2) is 7.54. The topological polar surface area (TPSA) is 0 Å². The molecule has 0 aromatic rings. The van der Waals surface area contributed by atoms with Gasteiger partial charge in [0.2, 0.25) is 0 Å². The van der Waals surface area contributed by atoms with Gasteiger partial charge in [0.1, 0.15) is 0 Å². The van der Waals surface area contributed by atoms with Crippen LogP contribution in [0.3, 0.4) is 0 Å². The van der Waals surface area contributed by atoms with Crippen LogP contribution in [0.5, 0.6) is 0 Å². The standard InChI is InChI=1S/C22H40/c1-6-8-10-18(3)22(20-11-12-20)16-14-19(9-7-2)13-15-21(4,5)17-22/h7,18-20H,2,6,8-17H2,1,3-5H3. The van der Waals surface area contributed by atoms with Gasteiger partial charge in [0.25, 0.3) is 0 Å². The molecule has 2 aliphatic carbocycles. The van der Waals surface area contributed by atoms with Gasteiger partial charge in [-0.25, -0.2) is 0 Å². The summed E-state index contributed by atoms with van der Waals surface area (Å²) >= 11 is 0. The maximum atomic E-state index is 4.00. The minimum absolute atomic E-state index is 0.531. The van der Waals surface area contributed by atoms with Gasteiger partial charge in [0.15, 0.2) is 0 Å². The third-order valence-electron chi connectivity index (χ3n) is 6.92. The quantitative estimate of drug-likeness (QED) is 0.430. The molecule has 22 heavy (non-hydrogen) atoms. The highest BCUT2D eigenvalue weighted by molar-refractivity contribution is 5.01. The first-order valence-corrected chi connectivity index (χ1v) is 10.0. The molecule has 0 N–H and O–H groups in total. The number of rotatable bonds is 7. The Hall–Kier alpha value is -0.260. The van der Waals surface area contributed by atoms with E-state index < -0.39 is 0 Å². The van der Waals surface area contributed by atoms with Crippen LogP contribution in [0, 0.1) is 28.6 Å². The van der Waals surface area contributed by atoms with Crippen molar-refractivity contribution in [1.29, 1.82) is 0 Å². The SMILES string of the molecule is C=CCC1CCC(C)(C)CC(C(C)CCCC)(C2CC2)CC1. The molecule has 0 heteroatoms. The van der Waals surface area contributed by atoms with Crippen molar-refractivity contribution in [1.82, 2.24) is 0 Å². The van der Waals surface area contributed by atoms with Gasteiger partial charge in [0.05, 0.1) is 0 Å². The van der Waals surface area contributed by atoms with Gasteiger partial charge in [-0.3, -0.25) is 0 Å². The highest BCUT2D eigenvalue weighted by atomic mass is 14.6. The lowest BCUT2D eigenvalue weighted by Crippen LogP contribution is -2.38. The summed E-state index contributed by atoms with van der Waals surface area (Å²) in [5.74, 6) is 2.86. The molecule has 0 amide bonds. The molecule has 0 aromatic carbocycles. The monoisotopic (exact) mass is 304 g/mol. The molecule has 0 bridgehead atoms. The summed E-state index contributed by atoms with van der Waals surface area (Å²) in [6.07, 6.45) is 17.9. The Labute approximate surface area is 140 Å². The van der Waals surface area contributed by atoms with Crippen LogP contribution in [0.15, 0.2) is 12.7 Å². The van der Waals surface area contributed by atoms with Gasteiger partial charge in [-0.1, -0.05) is 53.0 Å². The van der Waals surface area contributed by atoms with Crippen LogP contribution in [0.25, 0.3) is 0 Å². The van der Waals surface area contributed by atoms with Crippen LogP contribution in [0.1, 0.15) is 98.3 Å². The zero-order chi connectivity index (χ0) is 16.2. The molecule has 0 aromatic heterocycles. The van der Waals surface area contributed by atoms with E-state index in [0.717, 1.165) is 17.8 Å². The predicted molar refractivity (Wildman–Crippen MR) is 99.0 cm³/mol. The number of unbranched alkanes of at least 4 members (excludes halogenated alkanes) is 1. The fourth-order valence-corrected chi connectivity index (χ4v) is 5.38. The molecule has 0 radical (unpaired) electrons. The molecule has 2 saturated carbocycles. The number of hydrogen-bond acceptors (Lipinski definition) is 0. The van der Waals surface area contributed by atoms with Crippen LogP contribution in [0.4, 0.5) is 0 Å². The summed E-state index contributed by atoms with van der Waals surface area (Å²) in [6, 6.07) is 0. The first kappa shape index (κ1) is 18.1. The van der Waals surface area contributed by atoms with Crippen molar-refractivity contribution in [3.8, 4) is 0 Å². The minimum atomic E-state index is 0.531. The van der Waals surface area contributed by atoms with E-state index in [4.69, 9.17) is 0 Å². The van der Waals surface area contributed by atoms with Crippen LogP contribution in [0.2, 0.25) is 0 Å². The zero-order valence-corrected chi connectivity index (χ0v) is 15.8. The predicted octanol–water partition coefficient (Wildman–Crippen LogP) is 7.39. The van der Waals surface area contributed by atoms with Gasteiger partial charge in [-0.05, 0) is 80.0 Å². The van der Waals surface area contributed by atoms with Crippen LogP contribution >= 0.6 is 0 Å². The molecular formula is C22H40. The van der Waals surface area contributed by atoms with Gasteiger partial charge in [-0.15, -0.1) is 6.58 Å². The van der Waals surface area contributed by atoms with Gasteiger partial charge < -0.3 is 0 Å². The summed E-state index contributed by atoms with van der Waals surface area (Å²) in [5.41, 5.74) is 1.18. The van der Waals surface area contributed by atoms with Crippen LogP contribution < -0.4 is 0 Å². The fraction of sp³-hybridized carbons (Fsp3) is 0.909. The van der Waals surface area contributed by atoms with Gasteiger partial charge >= 0.3 is 0 Å². The number of allylic oxidation sites excluding steroid dienone is 1. The molecule has 2 rings (SSSR count). The van der Waals surface area contributed by atoms with Crippen molar-refractivity contribution in [2.45, 2.75) is 98.3 Å². The fourth-order valence-electron chi connectivity index (χ4n) is 5.38. The largest absolute Gasteiger partial charge is 0.103 e. The summed E-state index contributed by atoms with van der Waals surface area (Å²) in [5, 5.41) is 0. The second-order valence-corrected chi connectivity index (χ2v) is 9.36. The first-order valence-electron chi connectivity index (χ1n) is 10.0. The molecule has 2 aliphatic rings. The van der Waals surface area contributed by atoms with Gasteiger partial charge in [-0.2, -0.15) is 0 Å². The lowest BCUT2D eigenvalue weighted by Gasteiger charge is -2.48. The molecule has 0 saturated heterocycles. The second-order valence-electron chi connectivity index (χ2n) is 9.36. The Bertz CT molecular complexity index is 349. The maximum absolute atomic E-state index is 4.00. The van der Waals surface area contributed by atoms with E-state index in [1.807, 2.05) is 0 Å².